The number of rotatable bonds is 9. The highest BCUT2D eigenvalue weighted by Gasteiger charge is 2.31. The smallest absolute Gasteiger partial charge is 0.270 e. The molecular formula is C36H37F2N3O2. The van der Waals surface area contributed by atoms with E-state index in [-0.39, 0.29) is 23.4 Å². The zero-order chi connectivity index (χ0) is 30.4. The molecule has 4 aromatic carbocycles. The number of hydrogen-bond donors (Lipinski definition) is 2. The van der Waals surface area contributed by atoms with Crippen molar-refractivity contribution in [1.29, 1.82) is 0 Å². The molecule has 5 rings (SSSR count). The van der Waals surface area contributed by atoms with E-state index < -0.39 is 5.92 Å². The third-order valence-electron chi connectivity index (χ3n) is 8.12. The molecule has 222 valence electrons. The molecule has 4 aromatic rings. The second-order valence-corrected chi connectivity index (χ2v) is 11.1. The summed E-state index contributed by atoms with van der Waals surface area (Å²) in [6, 6.07) is 30.8. The predicted molar refractivity (Wildman–Crippen MR) is 167 cm³/mol. The average Bonchev–Trinajstić information content (AvgIpc) is 3.02. The Bertz CT molecular complexity index is 1530. The number of halogens is 2. The minimum Gasteiger partial charge on any atom is -0.355 e. The monoisotopic (exact) mass is 581 g/mol. The van der Waals surface area contributed by atoms with E-state index in [1.165, 1.54) is 17.7 Å². The first-order valence-corrected chi connectivity index (χ1v) is 14.8. The molecular weight excluding hydrogens is 544 g/mol. The minimum absolute atomic E-state index is 0.0355. The second kappa shape index (κ2) is 13.3. The number of piperidine rings is 1. The molecule has 2 amide bonds. The molecule has 1 aliphatic heterocycles. The molecule has 1 unspecified atom stereocenters. The summed E-state index contributed by atoms with van der Waals surface area (Å²) in [4.78, 5) is 28.5. The lowest BCUT2D eigenvalue weighted by atomic mass is 9.88. The van der Waals surface area contributed by atoms with Crippen LogP contribution in [0.4, 0.5) is 14.5 Å². The van der Waals surface area contributed by atoms with Crippen molar-refractivity contribution < 1.29 is 18.4 Å². The molecule has 1 saturated heterocycles. The quantitative estimate of drug-likeness (QED) is 0.212. The number of likely N-dealkylation sites (N-methyl/N-ethyl adjacent to an activating group) is 1. The molecule has 0 spiro atoms. The van der Waals surface area contributed by atoms with Gasteiger partial charge < -0.3 is 10.6 Å². The number of nitrogens with zero attached hydrogens (tertiary/aromatic N) is 1. The van der Waals surface area contributed by atoms with Crippen LogP contribution in [0.25, 0.3) is 11.1 Å². The van der Waals surface area contributed by atoms with Gasteiger partial charge in [-0.25, -0.2) is 8.78 Å². The van der Waals surface area contributed by atoms with Crippen LogP contribution in [0.1, 0.15) is 65.7 Å². The maximum atomic E-state index is 13.7. The third kappa shape index (κ3) is 7.17. The molecule has 2 N–H and O–H groups in total. The van der Waals surface area contributed by atoms with Crippen LogP contribution < -0.4 is 10.6 Å². The highest BCUT2D eigenvalue weighted by molar-refractivity contribution is 6.08. The van der Waals surface area contributed by atoms with E-state index in [9.17, 15) is 18.4 Å². The van der Waals surface area contributed by atoms with Crippen molar-refractivity contribution in [2.24, 2.45) is 0 Å². The Morgan fingerprint density at radius 1 is 0.860 bits per heavy atom. The standard InChI is InChI=1S/C36H37F2N3O2/c1-3-39-35(43)33(28-9-5-4-6-10-28)41-23-21-26(22-24-41)25-15-19-30(20-16-25)40-34(42)32-12-8-7-11-31(32)27-13-17-29(18-14-27)36(2,37)38/h4-20,26,33H,3,21-24H2,1-2H3,(H,39,43)(H,40,42). The maximum Gasteiger partial charge on any atom is 0.270 e. The first kappa shape index (κ1) is 30.1. The van der Waals surface area contributed by atoms with Gasteiger partial charge in [0.25, 0.3) is 11.8 Å². The molecule has 0 radical (unpaired) electrons. The van der Waals surface area contributed by atoms with Gasteiger partial charge in [-0.15, -0.1) is 0 Å². The molecule has 0 bridgehead atoms. The second-order valence-electron chi connectivity index (χ2n) is 11.1. The highest BCUT2D eigenvalue weighted by atomic mass is 19.3. The van der Waals surface area contributed by atoms with Crippen LogP contribution >= 0.6 is 0 Å². The number of amides is 2. The van der Waals surface area contributed by atoms with Crippen LogP contribution in [0.15, 0.2) is 103 Å². The molecule has 1 fully saturated rings. The summed E-state index contributed by atoms with van der Waals surface area (Å²) in [7, 11) is 0. The Morgan fingerprint density at radius 3 is 2.12 bits per heavy atom. The summed E-state index contributed by atoms with van der Waals surface area (Å²) in [5, 5.41) is 5.98. The van der Waals surface area contributed by atoms with E-state index in [0.717, 1.165) is 38.4 Å². The normalized spacial score (nSPS) is 15.1. The van der Waals surface area contributed by atoms with Crippen molar-refractivity contribution in [2.45, 2.75) is 44.6 Å². The van der Waals surface area contributed by atoms with Gasteiger partial charge in [-0.3, -0.25) is 14.5 Å². The summed E-state index contributed by atoms with van der Waals surface area (Å²) in [5.41, 5.74) is 4.67. The lowest BCUT2D eigenvalue weighted by Crippen LogP contribution is -2.44. The van der Waals surface area contributed by atoms with Crippen molar-refractivity contribution in [3.63, 3.8) is 0 Å². The van der Waals surface area contributed by atoms with Crippen LogP contribution in [0.3, 0.4) is 0 Å². The fraction of sp³-hybridized carbons (Fsp3) is 0.278. The van der Waals surface area contributed by atoms with Crippen LogP contribution in [-0.4, -0.2) is 36.3 Å². The number of benzene rings is 4. The lowest BCUT2D eigenvalue weighted by molar-refractivity contribution is -0.127. The van der Waals surface area contributed by atoms with Crippen molar-refractivity contribution in [3.8, 4) is 11.1 Å². The average molecular weight is 582 g/mol. The van der Waals surface area contributed by atoms with E-state index >= 15 is 0 Å². The van der Waals surface area contributed by atoms with E-state index in [4.69, 9.17) is 0 Å². The number of carbonyl (C=O) groups is 2. The Balaban J connectivity index is 1.23. The summed E-state index contributed by atoms with van der Waals surface area (Å²) < 4.78 is 27.3. The Kier molecular flexibility index (Phi) is 9.31. The van der Waals surface area contributed by atoms with Gasteiger partial charge in [0.15, 0.2) is 0 Å². The molecule has 1 atom stereocenters. The van der Waals surface area contributed by atoms with Gasteiger partial charge in [0, 0.05) is 30.3 Å². The molecule has 0 aliphatic carbocycles. The Morgan fingerprint density at radius 2 is 1.49 bits per heavy atom. The SMILES string of the molecule is CCNC(=O)C(c1ccccc1)N1CCC(c2ccc(NC(=O)c3ccccc3-c3ccc(C(C)(F)F)cc3)cc2)CC1. The Labute approximate surface area is 251 Å². The zero-order valence-electron chi connectivity index (χ0n) is 24.5. The van der Waals surface area contributed by atoms with Crippen molar-refractivity contribution >= 4 is 17.5 Å². The fourth-order valence-electron chi connectivity index (χ4n) is 5.84. The zero-order valence-corrected chi connectivity index (χ0v) is 24.5. The maximum absolute atomic E-state index is 13.7. The van der Waals surface area contributed by atoms with Crippen LogP contribution in [0, 0.1) is 0 Å². The molecule has 0 aromatic heterocycles. The van der Waals surface area contributed by atoms with Crippen LogP contribution in [0.5, 0.6) is 0 Å². The van der Waals surface area contributed by atoms with E-state index in [0.29, 0.717) is 34.8 Å². The first-order valence-electron chi connectivity index (χ1n) is 14.8. The lowest BCUT2D eigenvalue weighted by Gasteiger charge is -2.37. The van der Waals surface area contributed by atoms with Gasteiger partial charge in [0.05, 0.1) is 0 Å². The Hall–Kier alpha value is -4.36. The predicted octanol–water partition coefficient (Wildman–Crippen LogP) is 7.77. The topological polar surface area (TPSA) is 61.4 Å². The number of anilines is 1. The van der Waals surface area contributed by atoms with Gasteiger partial charge in [-0.2, -0.15) is 0 Å². The molecule has 1 heterocycles. The van der Waals surface area contributed by atoms with Gasteiger partial charge >= 0.3 is 0 Å². The first-order chi connectivity index (χ1) is 20.7. The van der Waals surface area contributed by atoms with Crippen LogP contribution in [-0.2, 0) is 10.7 Å². The molecule has 43 heavy (non-hydrogen) atoms. The highest BCUT2D eigenvalue weighted by Crippen LogP contribution is 2.34. The number of hydrogen-bond acceptors (Lipinski definition) is 3. The van der Waals surface area contributed by atoms with Gasteiger partial charge in [0.2, 0.25) is 5.91 Å². The van der Waals surface area contributed by atoms with Gasteiger partial charge in [-0.1, -0.05) is 84.9 Å². The van der Waals surface area contributed by atoms with E-state index in [1.54, 1.807) is 24.3 Å². The number of carbonyl (C=O) groups excluding carboxylic acids is 2. The van der Waals surface area contributed by atoms with E-state index in [2.05, 4.69) is 27.7 Å². The number of alkyl halides is 2. The molecule has 1 aliphatic rings. The minimum atomic E-state index is -2.92. The van der Waals surface area contributed by atoms with Gasteiger partial charge in [-0.05, 0) is 79.2 Å². The number of nitrogens with one attached hydrogen (secondary N) is 2. The molecule has 5 nitrogen and oxygen atoms in total. The third-order valence-corrected chi connectivity index (χ3v) is 8.12. The number of likely N-dealkylation sites (tertiary alicyclic amines) is 1. The molecule has 7 heteroatoms. The summed E-state index contributed by atoms with van der Waals surface area (Å²) >= 11 is 0. The van der Waals surface area contributed by atoms with E-state index in [1.807, 2.05) is 61.5 Å². The fourth-order valence-corrected chi connectivity index (χ4v) is 5.84. The van der Waals surface area contributed by atoms with Gasteiger partial charge in [0.1, 0.15) is 6.04 Å². The van der Waals surface area contributed by atoms with Crippen molar-refractivity contribution in [3.05, 3.63) is 125 Å². The molecule has 0 saturated carbocycles. The van der Waals surface area contributed by atoms with Crippen molar-refractivity contribution in [1.82, 2.24) is 10.2 Å². The summed E-state index contributed by atoms with van der Waals surface area (Å²) in [5.74, 6) is -2.79. The largest absolute Gasteiger partial charge is 0.355 e. The summed E-state index contributed by atoms with van der Waals surface area (Å²) in [6.07, 6.45) is 1.87. The summed E-state index contributed by atoms with van der Waals surface area (Å²) in [6.45, 7) is 5.03. The van der Waals surface area contributed by atoms with Crippen LogP contribution in [0.2, 0.25) is 0 Å². The van der Waals surface area contributed by atoms with Crippen molar-refractivity contribution in [2.75, 3.05) is 25.0 Å².